The van der Waals surface area contributed by atoms with Gasteiger partial charge in [0.1, 0.15) is 5.75 Å². The highest BCUT2D eigenvalue weighted by molar-refractivity contribution is 5.72. The molecule has 5 heteroatoms. The normalized spacial score (nSPS) is 10.0. The molecule has 2 aromatic heterocycles. The average Bonchev–Trinajstić information content (AvgIpc) is 2.40. The second kappa shape index (κ2) is 5.95. The summed E-state index contributed by atoms with van der Waals surface area (Å²) in [7, 11) is 0. The van der Waals surface area contributed by atoms with Crippen molar-refractivity contribution in [2.45, 2.75) is 20.4 Å². The zero-order valence-corrected chi connectivity index (χ0v) is 10.9. The van der Waals surface area contributed by atoms with Crippen molar-refractivity contribution in [2.75, 3.05) is 0 Å². The van der Waals surface area contributed by atoms with Crippen molar-refractivity contribution < 1.29 is 9.53 Å². The van der Waals surface area contributed by atoms with Crippen LogP contribution in [0.25, 0.3) is 0 Å². The average molecular weight is 257 g/mol. The molecule has 0 aliphatic heterocycles. The van der Waals surface area contributed by atoms with E-state index in [0.717, 1.165) is 11.3 Å². The lowest BCUT2D eigenvalue weighted by atomic mass is 10.2. The van der Waals surface area contributed by atoms with E-state index in [4.69, 9.17) is 4.74 Å². The quantitative estimate of drug-likeness (QED) is 0.912. The Balaban J connectivity index is 2.15. The Morgan fingerprint density at radius 2 is 2.16 bits per heavy atom. The highest BCUT2D eigenvalue weighted by Gasteiger charge is 2.06. The van der Waals surface area contributed by atoms with Gasteiger partial charge in [-0.1, -0.05) is 6.07 Å². The minimum absolute atomic E-state index is 0.0909. The van der Waals surface area contributed by atoms with Crippen LogP contribution in [0.15, 0.2) is 36.7 Å². The topological polar surface area (TPSA) is 64.1 Å². The third-order valence-electron chi connectivity index (χ3n) is 2.48. The van der Waals surface area contributed by atoms with E-state index < -0.39 is 0 Å². The lowest BCUT2D eigenvalue weighted by Crippen LogP contribution is -2.19. The van der Waals surface area contributed by atoms with Gasteiger partial charge in [-0.25, -0.2) is 4.98 Å². The van der Waals surface area contributed by atoms with Gasteiger partial charge in [-0.15, -0.1) is 0 Å². The van der Waals surface area contributed by atoms with E-state index in [9.17, 15) is 4.79 Å². The Morgan fingerprint density at radius 1 is 1.32 bits per heavy atom. The van der Waals surface area contributed by atoms with Crippen LogP contribution in [0.3, 0.4) is 0 Å². The van der Waals surface area contributed by atoms with Crippen molar-refractivity contribution in [3.05, 3.63) is 47.9 Å². The predicted molar refractivity (Wildman–Crippen MR) is 70.8 cm³/mol. The molecule has 0 unspecified atom stereocenters. The minimum atomic E-state index is -0.0909. The molecule has 0 radical (unpaired) electrons. The van der Waals surface area contributed by atoms with E-state index in [1.807, 2.05) is 25.1 Å². The van der Waals surface area contributed by atoms with Crippen LogP contribution in [0.5, 0.6) is 11.6 Å². The Morgan fingerprint density at radius 3 is 2.84 bits per heavy atom. The van der Waals surface area contributed by atoms with E-state index in [1.165, 1.54) is 6.92 Å². The number of rotatable bonds is 4. The Hall–Kier alpha value is -2.43. The molecule has 0 spiro atoms. The molecule has 0 bridgehead atoms. The summed E-state index contributed by atoms with van der Waals surface area (Å²) in [6, 6.07) is 7.36. The lowest BCUT2D eigenvalue weighted by Gasteiger charge is -2.09. The van der Waals surface area contributed by atoms with Gasteiger partial charge in [0.2, 0.25) is 11.8 Å². The molecule has 5 nitrogen and oxygen atoms in total. The number of aryl methyl sites for hydroxylation is 1. The highest BCUT2D eigenvalue weighted by atomic mass is 16.5. The summed E-state index contributed by atoms with van der Waals surface area (Å²) in [6.45, 7) is 3.77. The van der Waals surface area contributed by atoms with Crippen molar-refractivity contribution >= 4 is 5.91 Å². The fourth-order valence-electron chi connectivity index (χ4n) is 1.50. The summed E-state index contributed by atoms with van der Waals surface area (Å²) >= 11 is 0. The van der Waals surface area contributed by atoms with Crippen LogP contribution in [0.1, 0.15) is 18.2 Å². The monoisotopic (exact) mass is 257 g/mol. The van der Waals surface area contributed by atoms with E-state index in [1.54, 1.807) is 18.5 Å². The van der Waals surface area contributed by atoms with Gasteiger partial charge in [0.15, 0.2) is 0 Å². The molecule has 19 heavy (non-hydrogen) atoms. The minimum Gasteiger partial charge on any atom is -0.437 e. The van der Waals surface area contributed by atoms with Crippen molar-refractivity contribution in [2.24, 2.45) is 0 Å². The number of hydrogen-bond donors (Lipinski definition) is 1. The number of amides is 1. The molecule has 2 heterocycles. The molecule has 2 aromatic rings. The number of carbonyl (C=O) groups excluding carboxylic acids is 1. The maximum atomic E-state index is 10.9. The summed E-state index contributed by atoms with van der Waals surface area (Å²) in [6.07, 6.45) is 3.29. The van der Waals surface area contributed by atoms with Crippen LogP contribution in [0.2, 0.25) is 0 Å². The molecular weight excluding hydrogens is 242 g/mol. The molecule has 0 atom stereocenters. The third kappa shape index (κ3) is 3.77. The fraction of sp³-hybridized carbons (Fsp3) is 0.214. The molecule has 1 N–H and O–H groups in total. The third-order valence-corrected chi connectivity index (χ3v) is 2.48. The summed E-state index contributed by atoms with van der Waals surface area (Å²) < 4.78 is 5.67. The van der Waals surface area contributed by atoms with E-state index in [0.29, 0.717) is 18.2 Å². The predicted octanol–water partition coefficient (Wildman–Crippen LogP) is 2.21. The fourth-order valence-corrected chi connectivity index (χ4v) is 1.50. The molecule has 0 aliphatic carbocycles. The van der Waals surface area contributed by atoms with E-state index in [-0.39, 0.29) is 5.91 Å². The number of pyridine rings is 2. The number of ether oxygens (including phenoxy) is 1. The van der Waals surface area contributed by atoms with Crippen molar-refractivity contribution in [3.63, 3.8) is 0 Å². The summed E-state index contributed by atoms with van der Waals surface area (Å²) in [4.78, 5) is 19.3. The summed E-state index contributed by atoms with van der Waals surface area (Å²) in [5.41, 5.74) is 1.74. The van der Waals surface area contributed by atoms with Crippen LogP contribution in [-0.2, 0) is 11.3 Å². The number of carbonyl (C=O) groups is 1. The van der Waals surface area contributed by atoms with Crippen molar-refractivity contribution in [1.82, 2.24) is 15.3 Å². The van der Waals surface area contributed by atoms with Crippen LogP contribution < -0.4 is 10.1 Å². The second-order valence-electron chi connectivity index (χ2n) is 4.11. The smallest absolute Gasteiger partial charge is 0.224 e. The molecule has 1 amide bonds. The molecular formula is C14H15N3O2. The van der Waals surface area contributed by atoms with Crippen LogP contribution in [0.4, 0.5) is 0 Å². The number of hydrogen-bond acceptors (Lipinski definition) is 4. The Bertz CT molecular complexity index is 567. The Kier molecular flexibility index (Phi) is 4.07. The molecule has 0 aromatic carbocycles. The zero-order chi connectivity index (χ0) is 13.7. The first kappa shape index (κ1) is 13.0. The van der Waals surface area contributed by atoms with Crippen LogP contribution >= 0.6 is 0 Å². The van der Waals surface area contributed by atoms with Gasteiger partial charge in [0, 0.05) is 30.9 Å². The molecule has 0 saturated carbocycles. The first-order valence-electron chi connectivity index (χ1n) is 5.94. The van der Waals surface area contributed by atoms with E-state index in [2.05, 4.69) is 15.3 Å². The molecule has 0 saturated heterocycles. The number of nitrogens with zero attached hydrogens (tertiary/aromatic N) is 2. The maximum absolute atomic E-state index is 10.9. The first-order valence-corrected chi connectivity index (χ1v) is 5.94. The van der Waals surface area contributed by atoms with Crippen LogP contribution in [-0.4, -0.2) is 15.9 Å². The van der Waals surface area contributed by atoms with Crippen molar-refractivity contribution in [3.8, 4) is 11.6 Å². The lowest BCUT2D eigenvalue weighted by molar-refractivity contribution is -0.119. The number of aromatic nitrogens is 2. The van der Waals surface area contributed by atoms with E-state index >= 15 is 0 Å². The van der Waals surface area contributed by atoms with Gasteiger partial charge in [0.25, 0.3) is 0 Å². The molecule has 2 rings (SSSR count). The van der Waals surface area contributed by atoms with Gasteiger partial charge in [0.05, 0.1) is 6.20 Å². The number of nitrogens with one attached hydrogen (secondary N) is 1. The van der Waals surface area contributed by atoms with Crippen LogP contribution in [0, 0.1) is 6.92 Å². The SMILES string of the molecule is CC(=O)NCc1cccnc1Oc1ccc(C)nc1. The Labute approximate surface area is 111 Å². The highest BCUT2D eigenvalue weighted by Crippen LogP contribution is 2.22. The van der Waals surface area contributed by atoms with Gasteiger partial charge in [-0.05, 0) is 25.1 Å². The standard InChI is InChI=1S/C14H15N3O2/c1-10-5-6-13(9-16-10)19-14-12(4-3-7-15-14)8-17-11(2)18/h3-7,9H,8H2,1-2H3,(H,17,18). The summed E-state index contributed by atoms with van der Waals surface area (Å²) in [5, 5.41) is 2.72. The molecule has 98 valence electrons. The molecule has 0 fully saturated rings. The van der Waals surface area contributed by atoms with Gasteiger partial charge >= 0.3 is 0 Å². The second-order valence-corrected chi connectivity index (χ2v) is 4.11. The largest absolute Gasteiger partial charge is 0.437 e. The first-order chi connectivity index (χ1) is 9.15. The molecule has 0 aliphatic rings. The van der Waals surface area contributed by atoms with Gasteiger partial charge in [-0.3, -0.25) is 9.78 Å². The van der Waals surface area contributed by atoms with Crippen molar-refractivity contribution in [1.29, 1.82) is 0 Å². The summed E-state index contributed by atoms with van der Waals surface area (Å²) in [5.74, 6) is 1.00. The zero-order valence-electron chi connectivity index (χ0n) is 10.9. The maximum Gasteiger partial charge on any atom is 0.224 e. The van der Waals surface area contributed by atoms with Gasteiger partial charge < -0.3 is 10.1 Å². The van der Waals surface area contributed by atoms with Gasteiger partial charge in [-0.2, -0.15) is 0 Å².